The molecule has 4 nitrogen and oxygen atoms in total. The second kappa shape index (κ2) is 6.68. The first-order valence-corrected chi connectivity index (χ1v) is 7.26. The molecule has 0 aromatic heterocycles. The van der Waals surface area contributed by atoms with Gasteiger partial charge in [0.2, 0.25) is 0 Å². The lowest BCUT2D eigenvalue weighted by molar-refractivity contribution is -0.137. The van der Waals surface area contributed by atoms with Crippen molar-refractivity contribution in [3.63, 3.8) is 0 Å². The molecule has 1 amide bonds. The highest BCUT2D eigenvalue weighted by molar-refractivity contribution is 5.68. The van der Waals surface area contributed by atoms with Crippen LogP contribution in [-0.2, 0) is 17.5 Å². The minimum atomic E-state index is -4.49. The van der Waals surface area contributed by atoms with E-state index in [9.17, 15) is 18.0 Å². The van der Waals surface area contributed by atoms with E-state index in [0.29, 0.717) is 5.56 Å². The van der Waals surface area contributed by atoms with Gasteiger partial charge in [-0.1, -0.05) is 0 Å². The first-order chi connectivity index (χ1) is 10.3. The summed E-state index contributed by atoms with van der Waals surface area (Å²) in [6.07, 6.45) is -5.07. The Morgan fingerprint density at radius 1 is 1.22 bits per heavy atom. The minimum absolute atomic E-state index is 0.00252. The molecule has 0 aliphatic rings. The number of anilines is 1. The molecule has 0 bridgehead atoms. The zero-order valence-electron chi connectivity index (χ0n) is 14.0. The number of hydrogen-bond donors (Lipinski definition) is 1. The van der Waals surface area contributed by atoms with Crippen LogP contribution in [-0.4, -0.2) is 22.6 Å². The number of ether oxygens (including phenoxy) is 1. The third kappa shape index (κ3) is 6.00. The standard InChI is InChI=1S/C16H23F3N2O2/c1-10(2)21(14(22)23-15(3,4)5)9-11-6-12(16(17,18)19)8-13(20)7-11/h6-8,10H,9,20H2,1-5H3. The summed E-state index contributed by atoms with van der Waals surface area (Å²) < 4.78 is 43.9. The van der Waals surface area contributed by atoms with Gasteiger partial charge in [-0.05, 0) is 58.4 Å². The Kier molecular flexibility index (Phi) is 5.56. The van der Waals surface area contributed by atoms with E-state index in [-0.39, 0.29) is 18.3 Å². The molecule has 0 aliphatic carbocycles. The lowest BCUT2D eigenvalue weighted by Gasteiger charge is -2.30. The van der Waals surface area contributed by atoms with E-state index in [1.807, 2.05) is 0 Å². The lowest BCUT2D eigenvalue weighted by Crippen LogP contribution is -2.40. The van der Waals surface area contributed by atoms with Gasteiger partial charge in [0.15, 0.2) is 0 Å². The average Bonchev–Trinajstić information content (AvgIpc) is 2.31. The molecule has 0 fully saturated rings. The lowest BCUT2D eigenvalue weighted by atomic mass is 10.1. The average molecular weight is 332 g/mol. The second-order valence-corrected chi connectivity index (χ2v) is 6.66. The van der Waals surface area contributed by atoms with Crippen LogP contribution in [0.2, 0.25) is 0 Å². The quantitative estimate of drug-likeness (QED) is 0.833. The third-order valence-electron chi connectivity index (χ3n) is 2.95. The van der Waals surface area contributed by atoms with Gasteiger partial charge in [-0.3, -0.25) is 0 Å². The maximum Gasteiger partial charge on any atom is 0.416 e. The summed E-state index contributed by atoms with van der Waals surface area (Å²) in [7, 11) is 0. The number of halogens is 3. The summed E-state index contributed by atoms with van der Waals surface area (Å²) in [5, 5.41) is 0. The van der Waals surface area contributed by atoms with Crippen molar-refractivity contribution in [3.05, 3.63) is 29.3 Å². The highest BCUT2D eigenvalue weighted by atomic mass is 19.4. The molecular formula is C16H23F3N2O2. The van der Waals surface area contributed by atoms with Crippen LogP contribution in [0.15, 0.2) is 18.2 Å². The summed E-state index contributed by atoms with van der Waals surface area (Å²) >= 11 is 0. The van der Waals surface area contributed by atoms with Crippen LogP contribution in [0.25, 0.3) is 0 Å². The first-order valence-electron chi connectivity index (χ1n) is 7.26. The van der Waals surface area contributed by atoms with E-state index in [1.165, 1.54) is 11.0 Å². The topological polar surface area (TPSA) is 55.6 Å². The number of alkyl halides is 3. The number of nitrogens with two attached hydrogens (primary N) is 1. The van der Waals surface area contributed by atoms with Crippen LogP contribution in [0, 0.1) is 0 Å². The van der Waals surface area contributed by atoms with E-state index in [1.54, 1.807) is 34.6 Å². The number of nitrogen functional groups attached to an aromatic ring is 1. The van der Waals surface area contributed by atoms with Gasteiger partial charge >= 0.3 is 12.3 Å². The SMILES string of the molecule is CC(C)N(Cc1cc(N)cc(C(F)(F)F)c1)C(=O)OC(C)(C)C. The molecule has 1 aromatic carbocycles. The normalized spacial score (nSPS) is 12.4. The van der Waals surface area contributed by atoms with Crippen molar-refractivity contribution in [2.24, 2.45) is 0 Å². The Balaban J connectivity index is 3.06. The first kappa shape index (κ1) is 19.1. The van der Waals surface area contributed by atoms with Crippen molar-refractivity contribution in [1.82, 2.24) is 4.90 Å². The van der Waals surface area contributed by atoms with Gasteiger partial charge in [0.1, 0.15) is 5.60 Å². The van der Waals surface area contributed by atoms with Crippen LogP contribution in [0.3, 0.4) is 0 Å². The van der Waals surface area contributed by atoms with Gasteiger partial charge in [0, 0.05) is 18.3 Å². The van der Waals surface area contributed by atoms with Gasteiger partial charge < -0.3 is 15.4 Å². The summed E-state index contributed by atoms with van der Waals surface area (Å²) in [4.78, 5) is 13.6. The Morgan fingerprint density at radius 2 is 1.78 bits per heavy atom. The molecule has 2 N–H and O–H groups in total. The van der Waals surface area contributed by atoms with E-state index < -0.39 is 23.4 Å². The number of benzene rings is 1. The van der Waals surface area contributed by atoms with Crippen molar-refractivity contribution in [3.8, 4) is 0 Å². The van der Waals surface area contributed by atoms with Crippen molar-refractivity contribution in [1.29, 1.82) is 0 Å². The number of rotatable bonds is 3. The van der Waals surface area contributed by atoms with Gasteiger partial charge in [-0.2, -0.15) is 13.2 Å². The fourth-order valence-corrected chi connectivity index (χ4v) is 1.95. The Hall–Kier alpha value is -1.92. The number of hydrogen-bond acceptors (Lipinski definition) is 3. The summed E-state index contributed by atoms with van der Waals surface area (Å²) in [5.41, 5.74) is 4.34. The van der Waals surface area contributed by atoms with Crippen LogP contribution < -0.4 is 5.73 Å². The van der Waals surface area contributed by atoms with E-state index in [4.69, 9.17) is 10.5 Å². The van der Waals surface area contributed by atoms with Crippen molar-refractivity contribution < 1.29 is 22.7 Å². The monoisotopic (exact) mass is 332 g/mol. The molecule has 7 heteroatoms. The molecule has 0 aliphatic heterocycles. The summed E-state index contributed by atoms with van der Waals surface area (Å²) in [6, 6.07) is 3.06. The van der Waals surface area contributed by atoms with Crippen LogP contribution in [0.1, 0.15) is 45.7 Å². The van der Waals surface area contributed by atoms with Crippen LogP contribution in [0.4, 0.5) is 23.7 Å². The summed E-state index contributed by atoms with van der Waals surface area (Å²) in [6.45, 7) is 8.70. The summed E-state index contributed by atoms with van der Waals surface area (Å²) in [5.74, 6) is 0. The maximum absolute atomic E-state index is 12.9. The molecule has 1 rings (SSSR count). The largest absolute Gasteiger partial charge is 0.444 e. The van der Waals surface area contributed by atoms with Gasteiger partial charge in [0.25, 0.3) is 0 Å². The molecule has 130 valence electrons. The second-order valence-electron chi connectivity index (χ2n) is 6.66. The fourth-order valence-electron chi connectivity index (χ4n) is 1.95. The maximum atomic E-state index is 12.9. The molecule has 0 unspecified atom stereocenters. The number of nitrogens with zero attached hydrogens (tertiary/aromatic N) is 1. The van der Waals surface area contributed by atoms with E-state index in [0.717, 1.165) is 12.1 Å². The zero-order valence-corrected chi connectivity index (χ0v) is 14.0. The molecule has 0 spiro atoms. The van der Waals surface area contributed by atoms with E-state index >= 15 is 0 Å². The number of amides is 1. The Bertz CT molecular complexity index is 563. The molecule has 1 aromatic rings. The van der Waals surface area contributed by atoms with Gasteiger partial charge in [-0.25, -0.2) is 4.79 Å². The van der Waals surface area contributed by atoms with Crippen molar-refractivity contribution in [2.45, 2.75) is 59.0 Å². The Labute approximate surface area is 134 Å². The highest BCUT2D eigenvalue weighted by Gasteiger charge is 2.31. The molecule has 0 atom stereocenters. The van der Waals surface area contributed by atoms with Crippen molar-refractivity contribution >= 4 is 11.8 Å². The van der Waals surface area contributed by atoms with Gasteiger partial charge in [-0.15, -0.1) is 0 Å². The van der Waals surface area contributed by atoms with Crippen LogP contribution >= 0.6 is 0 Å². The molecule has 23 heavy (non-hydrogen) atoms. The number of carbonyl (C=O) groups excluding carboxylic acids is 1. The van der Waals surface area contributed by atoms with Gasteiger partial charge in [0.05, 0.1) is 5.56 Å². The number of carbonyl (C=O) groups is 1. The molecular weight excluding hydrogens is 309 g/mol. The van der Waals surface area contributed by atoms with E-state index in [2.05, 4.69) is 0 Å². The van der Waals surface area contributed by atoms with Crippen molar-refractivity contribution in [2.75, 3.05) is 5.73 Å². The molecule has 0 saturated carbocycles. The highest BCUT2D eigenvalue weighted by Crippen LogP contribution is 2.31. The predicted molar refractivity (Wildman–Crippen MR) is 82.8 cm³/mol. The molecule has 0 saturated heterocycles. The van der Waals surface area contributed by atoms with Crippen LogP contribution in [0.5, 0.6) is 0 Å². The molecule has 0 radical (unpaired) electrons. The predicted octanol–water partition coefficient (Wildman–Crippen LogP) is 4.43. The fraction of sp³-hybridized carbons (Fsp3) is 0.562. The third-order valence-corrected chi connectivity index (χ3v) is 2.95. The minimum Gasteiger partial charge on any atom is -0.444 e. The zero-order chi connectivity index (χ0) is 18.0. The molecule has 0 heterocycles. The smallest absolute Gasteiger partial charge is 0.416 e. The Morgan fingerprint density at radius 3 is 2.22 bits per heavy atom.